The van der Waals surface area contributed by atoms with E-state index in [1.165, 1.54) is 6.07 Å². The molecule has 0 fully saturated rings. The van der Waals surface area contributed by atoms with E-state index < -0.39 is 22.6 Å². The van der Waals surface area contributed by atoms with Crippen molar-refractivity contribution in [1.29, 1.82) is 0 Å². The molecule has 0 heterocycles. The van der Waals surface area contributed by atoms with Crippen molar-refractivity contribution in [1.82, 2.24) is 0 Å². The molecule has 17 heavy (non-hydrogen) atoms. The van der Waals surface area contributed by atoms with E-state index in [4.69, 9.17) is 0 Å². The van der Waals surface area contributed by atoms with Crippen LogP contribution in [0.4, 0.5) is 14.5 Å². The van der Waals surface area contributed by atoms with Crippen molar-refractivity contribution < 1.29 is 18.5 Å². The molecule has 7 heteroatoms. The summed E-state index contributed by atoms with van der Waals surface area (Å²) in [7, 11) is 0. The molecule has 0 aromatic heterocycles. The van der Waals surface area contributed by atoms with Gasteiger partial charge in [0.05, 0.1) is 10.3 Å². The largest absolute Gasteiger partial charge is 0.298 e. The van der Waals surface area contributed by atoms with Gasteiger partial charge < -0.3 is 0 Å². The highest BCUT2D eigenvalue weighted by atomic mass is 79.9. The van der Waals surface area contributed by atoms with Crippen LogP contribution in [0.3, 0.4) is 0 Å². The zero-order chi connectivity index (χ0) is 13.0. The molecular weight excluding hydrogens is 300 g/mol. The van der Waals surface area contributed by atoms with Crippen molar-refractivity contribution in [2.24, 2.45) is 0 Å². The third-order valence-electron chi connectivity index (χ3n) is 2.14. The monoisotopic (exact) mass is 307 g/mol. The Bertz CT molecular complexity index is 451. The second-order valence-electron chi connectivity index (χ2n) is 3.25. The molecule has 0 aliphatic rings. The topological polar surface area (TPSA) is 60.2 Å². The van der Waals surface area contributed by atoms with E-state index in [0.29, 0.717) is 0 Å². The normalized spacial score (nSPS) is 10.6. The first-order chi connectivity index (χ1) is 7.97. The van der Waals surface area contributed by atoms with E-state index >= 15 is 0 Å². The van der Waals surface area contributed by atoms with Crippen LogP contribution in [0.15, 0.2) is 18.2 Å². The third-order valence-corrected chi connectivity index (χ3v) is 2.77. The molecule has 92 valence electrons. The Hall–Kier alpha value is -1.37. The van der Waals surface area contributed by atoms with Gasteiger partial charge in [0, 0.05) is 23.6 Å². The lowest BCUT2D eigenvalue weighted by Crippen LogP contribution is -2.09. The lowest BCUT2D eigenvalue weighted by Gasteiger charge is -2.08. The van der Waals surface area contributed by atoms with Crippen LogP contribution in [-0.4, -0.2) is 16.0 Å². The summed E-state index contributed by atoms with van der Waals surface area (Å²) in [5, 5.41) is 10.7. The maximum atomic E-state index is 12.7. The summed E-state index contributed by atoms with van der Waals surface area (Å²) in [6.45, 7) is 0. The number of rotatable bonds is 5. The molecule has 1 rings (SSSR count). The summed E-state index contributed by atoms with van der Waals surface area (Å²) in [6.07, 6.45) is -3.21. The molecule has 1 aromatic rings. The second kappa shape index (κ2) is 5.81. The first kappa shape index (κ1) is 13.7. The summed E-state index contributed by atoms with van der Waals surface area (Å²) in [5.74, 6) is -0.388. The minimum Gasteiger partial charge on any atom is -0.298 e. The van der Waals surface area contributed by atoms with Gasteiger partial charge in [-0.2, -0.15) is 0 Å². The lowest BCUT2D eigenvalue weighted by molar-refractivity contribution is -0.385. The van der Waals surface area contributed by atoms with E-state index in [1.807, 2.05) is 0 Å². The summed E-state index contributed by atoms with van der Waals surface area (Å²) < 4.78 is 25.4. The summed E-state index contributed by atoms with van der Waals surface area (Å²) in [5.41, 5.74) is -1.12. The quantitative estimate of drug-likeness (QED) is 0.477. The number of benzene rings is 1. The number of nitrogens with zero attached hydrogens (tertiary/aromatic N) is 1. The van der Waals surface area contributed by atoms with Crippen LogP contribution in [0.25, 0.3) is 0 Å². The molecule has 1 aromatic carbocycles. The van der Waals surface area contributed by atoms with Gasteiger partial charge in [0.1, 0.15) is 5.78 Å². The van der Waals surface area contributed by atoms with Crippen molar-refractivity contribution in [3.63, 3.8) is 0 Å². The molecule has 0 aliphatic carbocycles. The third kappa shape index (κ3) is 3.29. The Morgan fingerprint density at radius 3 is 2.59 bits per heavy atom. The van der Waals surface area contributed by atoms with Gasteiger partial charge in [-0.05, 0) is 0 Å². The molecule has 0 radical (unpaired) electrons. The van der Waals surface area contributed by atoms with E-state index in [0.717, 1.165) is 12.1 Å². The van der Waals surface area contributed by atoms with Crippen LogP contribution in [0.1, 0.15) is 17.6 Å². The second-order valence-corrected chi connectivity index (χ2v) is 3.81. The lowest BCUT2D eigenvalue weighted by atomic mass is 10.0. The van der Waals surface area contributed by atoms with Crippen molar-refractivity contribution in [2.75, 3.05) is 5.33 Å². The standard InChI is InChI=1S/C10H8BrF2NO3/c11-5-6(15)4-8-7(10(12)13)2-1-3-9(8)14(16)17/h1-3,10H,4-5H2. The minimum atomic E-state index is -2.84. The van der Waals surface area contributed by atoms with Gasteiger partial charge in [-0.25, -0.2) is 8.78 Å². The maximum Gasteiger partial charge on any atom is 0.273 e. The zero-order valence-electron chi connectivity index (χ0n) is 8.53. The number of carbonyl (C=O) groups excluding carboxylic acids is 1. The van der Waals surface area contributed by atoms with Crippen LogP contribution in [0.2, 0.25) is 0 Å². The predicted octanol–water partition coefficient (Wildman–Crippen LogP) is 3.04. The van der Waals surface area contributed by atoms with Crippen LogP contribution in [-0.2, 0) is 11.2 Å². The van der Waals surface area contributed by atoms with Crippen molar-refractivity contribution >= 4 is 27.4 Å². The van der Waals surface area contributed by atoms with E-state index in [2.05, 4.69) is 15.9 Å². The smallest absolute Gasteiger partial charge is 0.273 e. The molecule has 0 N–H and O–H groups in total. The van der Waals surface area contributed by atoms with Gasteiger partial charge in [0.2, 0.25) is 0 Å². The SMILES string of the molecule is O=C(CBr)Cc1c(C(F)F)cccc1[N+](=O)[O-]. The number of alkyl halides is 3. The van der Waals surface area contributed by atoms with Gasteiger partial charge in [0.25, 0.3) is 12.1 Å². The molecular formula is C10H8BrF2NO3. The predicted molar refractivity (Wildman–Crippen MR) is 60.6 cm³/mol. The number of carbonyl (C=O) groups is 1. The Kier molecular flexibility index (Phi) is 4.68. The average Bonchev–Trinajstić information content (AvgIpc) is 2.28. The Labute approximate surface area is 104 Å². The summed E-state index contributed by atoms with van der Waals surface area (Å²) in [6, 6.07) is 3.39. The molecule has 0 spiro atoms. The average molecular weight is 308 g/mol. The Morgan fingerprint density at radius 2 is 2.12 bits per heavy atom. The van der Waals surface area contributed by atoms with Gasteiger partial charge in [0.15, 0.2) is 0 Å². The number of nitro benzene ring substituents is 1. The number of hydrogen-bond donors (Lipinski definition) is 0. The molecule has 0 saturated heterocycles. The fourth-order valence-corrected chi connectivity index (χ4v) is 1.60. The van der Waals surface area contributed by atoms with Gasteiger partial charge in [-0.3, -0.25) is 14.9 Å². The fourth-order valence-electron chi connectivity index (χ4n) is 1.40. The van der Waals surface area contributed by atoms with Crippen molar-refractivity contribution in [3.05, 3.63) is 39.4 Å². The summed E-state index contributed by atoms with van der Waals surface area (Å²) >= 11 is 2.89. The molecule has 0 amide bonds. The summed E-state index contributed by atoms with van der Waals surface area (Å²) in [4.78, 5) is 21.2. The number of ketones is 1. The molecule has 0 bridgehead atoms. The van der Waals surface area contributed by atoms with Crippen LogP contribution < -0.4 is 0 Å². The highest BCUT2D eigenvalue weighted by Gasteiger charge is 2.23. The number of hydrogen-bond acceptors (Lipinski definition) is 3. The van der Waals surface area contributed by atoms with E-state index in [1.54, 1.807) is 0 Å². The van der Waals surface area contributed by atoms with Gasteiger partial charge in [-0.1, -0.05) is 28.1 Å². The molecule has 4 nitrogen and oxygen atoms in total. The first-order valence-electron chi connectivity index (χ1n) is 4.59. The van der Waals surface area contributed by atoms with Crippen molar-refractivity contribution in [3.8, 4) is 0 Å². The Morgan fingerprint density at radius 1 is 1.47 bits per heavy atom. The zero-order valence-corrected chi connectivity index (χ0v) is 10.1. The van der Waals surface area contributed by atoms with Gasteiger partial charge in [-0.15, -0.1) is 0 Å². The fraction of sp³-hybridized carbons (Fsp3) is 0.300. The van der Waals surface area contributed by atoms with Crippen molar-refractivity contribution in [2.45, 2.75) is 12.8 Å². The van der Waals surface area contributed by atoms with E-state index in [-0.39, 0.29) is 23.1 Å². The molecule has 0 saturated carbocycles. The van der Waals surface area contributed by atoms with Crippen LogP contribution >= 0.6 is 15.9 Å². The molecule has 0 unspecified atom stereocenters. The Balaban J connectivity index is 3.28. The highest BCUT2D eigenvalue weighted by Crippen LogP contribution is 2.30. The number of nitro groups is 1. The van der Waals surface area contributed by atoms with E-state index in [9.17, 15) is 23.7 Å². The molecule has 0 aliphatic heterocycles. The first-order valence-corrected chi connectivity index (χ1v) is 5.71. The van der Waals surface area contributed by atoms with Crippen LogP contribution in [0, 0.1) is 10.1 Å². The van der Waals surface area contributed by atoms with Crippen LogP contribution in [0.5, 0.6) is 0 Å². The number of Topliss-reactive ketones (excluding diaryl/α,β-unsaturated/α-hetero) is 1. The maximum absolute atomic E-state index is 12.7. The van der Waals surface area contributed by atoms with Gasteiger partial charge >= 0.3 is 0 Å². The number of halogens is 3. The molecule has 0 atom stereocenters. The minimum absolute atomic E-state index is 0.0261. The highest BCUT2D eigenvalue weighted by molar-refractivity contribution is 9.09.